The minimum atomic E-state index is 0.246. The zero-order chi connectivity index (χ0) is 16.7. The van der Waals surface area contributed by atoms with Crippen LogP contribution in [0.15, 0.2) is 10.5 Å². The summed E-state index contributed by atoms with van der Waals surface area (Å²) in [7, 11) is 0. The molecule has 3 heteroatoms. The van der Waals surface area contributed by atoms with Crippen molar-refractivity contribution >= 4 is 23.3 Å². The van der Waals surface area contributed by atoms with Gasteiger partial charge in [-0.05, 0) is 79.1 Å². The van der Waals surface area contributed by atoms with Gasteiger partial charge in [0.05, 0.1) is 0 Å². The van der Waals surface area contributed by atoms with E-state index in [9.17, 15) is 9.59 Å². The number of Topliss-reactive ketones (excluding diaryl/α,β-unsaturated/α-hetero) is 2. The van der Waals surface area contributed by atoms with Crippen molar-refractivity contribution in [3.8, 4) is 0 Å². The molecule has 0 spiro atoms. The second kappa shape index (κ2) is 4.99. The molecule has 2 bridgehead atoms. The molecule has 0 radical (unpaired) electrons. The molecule has 0 aromatic carbocycles. The Morgan fingerprint density at radius 3 is 2.79 bits per heavy atom. The van der Waals surface area contributed by atoms with E-state index in [1.54, 1.807) is 10.5 Å². The molecular weight excluding hydrogens is 316 g/mol. The highest BCUT2D eigenvalue weighted by Crippen LogP contribution is 2.71. The predicted molar refractivity (Wildman–Crippen MR) is 96.6 cm³/mol. The molecular formula is C21H28O2S. The van der Waals surface area contributed by atoms with E-state index in [1.807, 2.05) is 6.92 Å². The molecule has 2 nitrogen and oxygen atoms in total. The number of ketones is 2. The van der Waals surface area contributed by atoms with Crippen LogP contribution in [0.3, 0.4) is 0 Å². The fraction of sp³-hybridized carbons (Fsp3) is 0.810. The topological polar surface area (TPSA) is 34.1 Å². The molecule has 6 atom stereocenters. The lowest BCUT2D eigenvalue weighted by atomic mass is 9.47. The fourth-order valence-electron chi connectivity index (χ4n) is 7.65. The normalized spacial score (nSPS) is 49.7. The summed E-state index contributed by atoms with van der Waals surface area (Å²) >= 11 is 2.08. The van der Waals surface area contributed by atoms with Gasteiger partial charge >= 0.3 is 0 Å². The van der Waals surface area contributed by atoms with Crippen LogP contribution in [0.25, 0.3) is 0 Å². The standard InChI is InChI=1S/C21H28O2S/c1-12(22)15-3-4-16-14-10-19-18-9-13(23)5-8-21(18,11-24-19)17(14)6-7-20(15,16)2/h14-17H,3-11H2,1-2H3/t14?,15?,16?,17?,20-,21+/m1/s1. The molecule has 3 fully saturated rings. The molecule has 0 saturated heterocycles. The highest BCUT2D eigenvalue weighted by molar-refractivity contribution is 8.03. The first-order valence-corrected chi connectivity index (χ1v) is 10.8. The second-order valence-corrected chi connectivity index (χ2v) is 10.5. The average molecular weight is 345 g/mol. The van der Waals surface area contributed by atoms with E-state index in [-0.39, 0.29) is 5.41 Å². The first kappa shape index (κ1) is 15.7. The molecule has 24 heavy (non-hydrogen) atoms. The zero-order valence-corrected chi connectivity index (χ0v) is 15.7. The number of allylic oxidation sites excluding steroid dienone is 2. The van der Waals surface area contributed by atoms with Crippen LogP contribution >= 0.6 is 11.8 Å². The Morgan fingerprint density at radius 2 is 2.00 bits per heavy atom. The lowest BCUT2D eigenvalue weighted by Crippen LogP contribution is -2.51. The lowest BCUT2D eigenvalue weighted by Gasteiger charge is -2.56. The average Bonchev–Trinajstić information content (AvgIpc) is 3.02. The maximum absolute atomic E-state index is 12.2. The molecule has 0 amide bonds. The van der Waals surface area contributed by atoms with Crippen molar-refractivity contribution in [2.24, 2.45) is 34.5 Å². The fourth-order valence-corrected chi connectivity index (χ4v) is 9.38. The Labute approximate surface area is 149 Å². The van der Waals surface area contributed by atoms with Crippen molar-refractivity contribution in [2.45, 2.75) is 65.2 Å². The molecule has 0 N–H and O–H groups in total. The summed E-state index contributed by atoms with van der Waals surface area (Å²) in [4.78, 5) is 25.9. The van der Waals surface area contributed by atoms with Crippen LogP contribution in [-0.4, -0.2) is 17.3 Å². The van der Waals surface area contributed by atoms with Gasteiger partial charge in [0.1, 0.15) is 11.6 Å². The highest BCUT2D eigenvalue weighted by atomic mass is 32.2. The van der Waals surface area contributed by atoms with Gasteiger partial charge in [-0.15, -0.1) is 11.8 Å². The van der Waals surface area contributed by atoms with E-state index in [4.69, 9.17) is 0 Å². The Bertz CT molecular complexity index is 665. The summed E-state index contributed by atoms with van der Waals surface area (Å²) < 4.78 is 0. The Balaban J connectivity index is 1.54. The smallest absolute Gasteiger partial charge is 0.137 e. The molecule has 1 aliphatic heterocycles. The van der Waals surface area contributed by atoms with Gasteiger partial charge in [0.15, 0.2) is 0 Å². The van der Waals surface area contributed by atoms with Gasteiger partial charge in [0, 0.05) is 29.9 Å². The number of hydrogen-bond donors (Lipinski definition) is 0. The molecule has 5 rings (SSSR count). The van der Waals surface area contributed by atoms with Gasteiger partial charge in [0.25, 0.3) is 0 Å². The highest BCUT2D eigenvalue weighted by Gasteiger charge is 2.63. The Hall–Kier alpha value is -0.570. The molecule has 3 saturated carbocycles. The van der Waals surface area contributed by atoms with Gasteiger partial charge in [-0.1, -0.05) is 6.92 Å². The maximum Gasteiger partial charge on any atom is 0.137 e. The summed E-state index contributed by atoms with van der Waals surface area (Å²) in [6.45, 7) is 4.24. The summed E-state index contributed by atoms with van der Waals surface area (Å²) in [5, 5.41) is 0. The van der Waals surface area contributed by atoms with E-state index in [1.165, 1.54) is 31.4 Å². The minimum Gasteiger partial charge on any atom is -0.300 e. The van der Waals surface area contributed by atoms with Gasteiger partial charge in [-0.25, -0.2) is 0 Å². The zero-order valence-electron chi connectivity index (χ0n) is 14.9. The van der Waals surface area contributed by atoms with Gasteiger partial charge < -0.3 is 0 Å². The largest absolute Gasteiger partial charge is 0.300 e. The third-order valence-corrected chi connectivity index (χ3v) is 10.1. The van der Waals surface area contributed by atoms with E-state index in [0.29, 0.717) is 22.9 Å². The van der Waals surface area contributed by atoms with Crippen molar-refractivity contribution in [3.63, 3.8) is 0 Å². The first-order chi connectivity index (χ1) is 11.5. The number of carbonyl (C=O) groups excluding carboxylic acids is 2. The third-order valence-electron chi connectivity index (χ3n) is 8.72. The van der Waals surface area contributed by atoms with Gasteiger partial charge in [-0.2, -0.15) is 0 Å². The molecule has 0 aromatic heterocycles. The molecule has 5 aliphatic rings. The molecule has 4 aliphatic carbocycles. The predicted octanol–water partition coefficient (Wildman–Crippen LogP) is 4.78. The van der Waals surface area contributed by atoms with E-state index in [0.717, 1.165) is 43.4 Å². The van der Waals surface area contributed by atoms with Crippen molar-refractivity contribution in [3.05, 3.63) is 10.5 Å². The minimum absolute atomic E-state index is 0.246. The van der Waals surface area contributed by atoms with Crippen molar-refractivity contribution in [2.75, 3.05) is 5.75 Å². The summed E-state index contributed by atoms with van der Waals surface area (Å²) in [5.74, 6) is 4.72. The number of fused-ring (bicyclic) bond motifs is 3. The monoisotopic (exact) mass is 344 g/mol. The van der Waals surface area contributed by atoms with Crippen molar-refractivity contribution in [1.29, 1.82) is 0 Å². The number of thioether (sulfide) groups is 1. The maximum atomic E-state index is 12.2. The third kappa shape index (κ3) is 1.80. The Morgan fingerprint density at radius 1 is 1.17 bits per heavy atom. The van der Waals surface area contributed by atoms with Crippen LogP contribution in [0.2, 0.25) is 0 Å². The van der Waals surface area contributed by atoms with Gasteiger partial charge in [0.2, 0.25) is 0 Å². The quantitative estimate of drug-likeness (QED) is 0.686. The molecule has 4 unspecified atom stereocenters. The van der Waals surface area contributed by atoms with Crippen LogP contribution in [0.1, 0.15) is 65.2 Å². The summed E-state index contributed by atoms with van der Waals surface area (Å²) in [6, 6.07) is 0. The number of hydrogen-bond acceptors (Lipinski definition) is 3. The lowest BCUT2D eigenvalue weighted by molar-refractivity contribution is -0.128. The van der Waals surface area contributed by atoms with Crippen molar-refractivity contribution < 1.29 is 9.59 Å². The van der Waals surface area contributed by atoms with Crippen LogP contribution in [-0.2, 0) is 9.59 Å². The van der Waals surface area contributed by atoms with Crippen LogP contribution in [0, 0.1) is 34.5 Å². The van der Waals surface area contributed by atoms with Crippen LogP contribution < -0.4 is 0 Å². The second-order valence-electron chi connectivity index (χ2n) is 9.43. The number of rotatable bonds is 1. The van der Waals surface area contributed by atoms with Crippen LogP contribution in [0.5, 0.6) is 0 Å². The SMILES string of the molecule is CC(=O)C1CCC2C3CC4=C5CC(=O)CC[C@]5(CS4)C3CC[C@]12C. The molecule has 1 heterocycles. The van der Waals surface area contributed by atoms with E-state index < -0.39 is 0 Å². The Kier molecular flexibility index (Phi) is 3.26. The summed E-state index contributed by atoms with van der Waals surface area (Å²) in [6.07, 6.45) is 8.76. The number of carbonyl (C=O) groups is 2. The molecule has 130 valence electrons. The van der Waals surface area contributed by atoms with Gasteiger partial charge in [-0.3, -0.25) is 9.59 Å². The van der Waals surface area contributed by atoms with Crippen LogP contribution in [0.4, 0.5) is 0 Å². The molecule has 0 aromatic rings. The first-order valence-electron chi connectivity index (χ1n) is 9.83. The van der Waals surface area contributed by atoms with E-state index in [2.05, 4.69) is 18.7 Å². The summed E-state index contributed by atoms with van der Waals surface area (Å²) in [5.41, 5.74) is 2.16. The van der Waals surface area contributed by atoms with Crippen molar-refractivity contribution in [1.82, 2.24) is 0 Å². The van der Waals surface area contributed by atoms with E-state index >= 15 is 0 Å².